The number of carbonyl (C=O) groups is 2. The molecule has 0 aromatic heterocycles. The standard InChI is InChI=1S/C26H34N4O3/c1-3-28-15-17-30(18-16-28)26(32)23-9-4-5-10-24(23)29-13-11-21(12-14-29)27-25(31)20-7-6-8-22(19-20)33-2/h4-10,19,21H,3,11-18H2,1-2H3,(H,27,31). The van der Waals surface area contributed by atoms with E-state index in [2.05, 4.69) is 22.0 Å². The van der Waals surface area contributed by atoms with Gasteiger partial charge in [0.1, 0.15) is 5.75 Å². The van der Waals surface area contributed by atoms with E-state index in [0.717, 1.165) is 69.9 Å². The van der Waals surface area contributed by atoms with Gasteiger partial charge in [0.05, 0.1) is 12.7 Å². The number of nitrogens with zero attached hydrogens (tertiary/aromatic N) is 3. The molecule has 176 valence electrons. The third kappa shape index (κ3) is 5.47. The number of carbonyl (C=O) groups excluding carboxylic acids is 2. The van der Waals surface area contributed by atoms with Crippen molar-refractivity contribution in [1.29, 1.82) is 0 Å². The van der Waals surface area contributed by atoms with Gasteiger partial charge in [-0.2, -0.15) is 0 Å². The fourth-order valence-corrected chi connectivity index (χ4v) is 4.67. The molecule has 2 amide bonds. The summed E-state index contributed by atoms with van der Waals surface area (Å²) >= 11 is 0. The maximum atomic E-state index is 13.3. The third-order valence-corrected chi connectivity index (χ3v) is 6.74. The van der Waals surface area contributed by atoms with Crippen LogP contribution in [0.3, 0.4) is 0 Å². The first-order valence-corrected chi connectivity index (χ1v) is 11.9. The summed E-state index contributed by atoms with van der Waals surface area (Å²) in [6.07, 6.45) is 1.68. The molecule has 33 heavy (non-hydrogen) atoms. The molecule has 2 heterocycles. The molecule has 7 heteroatoms. The van der Waals surface area contributed by atoms with E-state index >= 15 is 0 Å². The van der Waals surface area contributed by atoms with Crippen LogP contribution in [0.25, 0.3) is 0 Å². The van der Waals surface area contributed by atoms with Crippen LogP contribution in [0.15, 0.2) is 48.5 Å². The summed E-state index contributed by atoms with van der Waals surface area (Å²) < 4.78 is 5.22. The van der Waals surface area contributed by atoms with Crippen molar-refractivity contribution in [3.05, 3.63) is 59.7 Å². The van der Waals surface area contributed by atoms with Crippen LogP contribution in [-0.2, 0) is 0 Å². The molecule has 2 aliphatic heterocycles. The molecule has 2 aromatic rings. The molecule has 2 aromatic carbocycles. The second kappa shape index (κ2) is 10.7. The zero-order valence-corrected chi connectivity index (χ0v) is 19.6. The number of piperazine rings is 1. The van der Waals surface area contributed by atoms with E-state index in [4.69, 9.17) is 4.74 Å². The maximum absolute atomic E-state index is 13.3. The molecule has 0 bridgehead atoms. The van der Waals surface area contributed by atoms with Gasteiger partial charge < -0.3 is 24.8 Å². The molecule has 2 aliphatic rings. The molecule has 0 aliphatic carbocycles. The van der Waals surface area contributed by atoms with Crippen molar-refractivity contribution < 1.29 is 14.3 Å². The molecule has 0 radical (unpaired) electrons. The van der Waals surface area contributed by atoms with E-state index in [0.29, 0.717) is 11.3 Å². The first kappa shape index (κ1) is 23.1. The summed E-state index contributed by atoms with van der Waals surface area (Å²) in [5, 5.41) is 3.16. The second-order valence-electron chi connectivity index (χ2n) is 8.71. The number of benzene rings is 2. The minimum Gasteiger partial charge on any atom is -0.497 e. The van der Waals surface area contributed by atoms with Gasteiger partial charge in [0, 0.05) is 56.6 Å². The number of hydrogen-bond acceptors (Lipinski definition) is 5. The quantitative estimate of drug-likeness (QED) is 0.733. The van der Waals surface area contributed by atoms with E-state index in [1.54, 1.807) is 19.2 Å². The average molecular weight is 451 g/mol. The summed E-state index contributed by atoms with van der Waals surface area (Å²) in [5.41, 5.74) is 2.38. The normalized spacial score (nSPS) is 17.6. The zero-order chi connectivity index (χ0) is 23.2. The lowest BCUT2D eigenvalue weighted by molar-refractivity contribution is 0.0644. The van der Waals surface area contributed by atoms with E-state index in [-0.39, 0.29) is 17.9 Å². The monoisotopic (exact) mass is 450 g/mol. The third-order valence-electron chi connectivity index (χ3n) is 6.74. The van der Waals surface area contributed by atoms with Crippen molar-refractivity contribution in [3.63, 3.8) is 0 Å². The Labute approximate surface area is 196 Å². The molecule has 1 N–H and O–H groups in total. The van der Waals surface area contributed by atoms with E-state index < -0.39 is 0 Å². The van der Waals surface area contributed by atoms with Gasteiger partial charge >= 0.3 is 0 Å². The number of likely N-dealkylation sites (N-methyl/N-ethyl adjacent to an activating group) is 1. The fraction of sp³-hybridized carbons (Fsp3) is 0.462. The molecule has 4 rings (SSSR count). The van der Waals surface area contributed by atoms with Crippen LogP contribution in [0.5, 0.6) is 5.75 Å². The summed E-state index contributed by atoms with van der Waals surface area (Å²) in [5.74, 6) is 0.721. The average Bonchev–Trinajstić information content (AvgIpc) is 2.89. The highest BCUT2D eigenvalue weighted by Crippen LogP contribution is 2.26. The Morgan fingerprint density at radius 2 is 1.70 bits per heavy atom. The van der Waals surface area contributed by atoms with Gasteiger partial charge in [0.25, 0.3) is 11.8 Å². The smallest absolute Gasteiger partial charge is 0.256 e. The number of piperidine rings is 1. The van der Waals surface area contributed by atoms with Gasteiger partial charge in [-0.15, -0.1) is 0 Å². The van der Waals surface area contributed by atoms with Gasteiger partial charge in [-0.05, 0) is 49.7 Å². The van der Waals surface area contributed by atoms with E-state index in [9.17, 15) is 9.59 Å². The predicted octanol–water partition coefficient (Wildman–Crippen LogP) is 2.87. The number of rotatable bonds is 6. The Morgan fingerprint density at radius 1 is 0.970 bits per heavy atom. The van der Waals surface area contributed by atoms with E-state index in [1.165, 1.54) is 0 Å². The highest BCUT2D eigenvalue weighted by Gasteiger charge is 2.27. The maximum Gasteiger partial charge on any atom is 0.256 e. The minimum absolute atomic E-state index is 0.0749. The molecule has 2 saturated heterocycles. The first-order chi connectivity index (χ1) is 16.1. The lowest BCUT2D eigenvalue weighted by atomic mass is 10.0. The largest absolute Gasteiger partial charge is 0.497 e. The molecule has 2 fully saturated rings. The van der Waals surface area contributed by atoms with Crippen LogP contribution in [0.1, 0.15) is 40.5 Å². The summed E-state index contributed by atoms with van der Waals surface area (Å²) in [4.78, 5) is 32.6. The summed E-state index contributed by atoms with van der Waals surface area (Å²) in [6, 6.07) is 15.3. The lowest BCUT2D eigenvalue weighted by Crippen LogP contribution is -2.49. The lowest BCUT2D eigenvalue weighted by Gasteiger charge is -2.37. The summed E-state index contributed by atoms with van der Waals surface area (Å²) in [6.45, 7) is 8.22. The van der Waals surface area contributed by atoms with Crippen LogP contribution in [0.2, 0.25) is 0 Å². The van der Waals surface area contributed by atoms with E-state index in [1.807, 2.05) is 41.3 Å². The Hall–Kier alpha value is -3.06. The Kier molecular flexibility index (Phi) is 7.50. The van der Waals surface area contributed by atoms with Crippen molar-refractivity contribution in [1.82, 2.24) is 15.1 Å². The number of anilines is 1. The second-order valence-corrected chi connectivity index (χ2v) is 8.71. The Bertz CT molecular complexity index is 964. The number of amides is 2. The van der Waals surface area contributed by atoms with Crippen LogP contribution < -0.4 is 15.0 Å². The highest BCUT2D eigenvalue weighted by atomic mass is 16.5. The van der Waals surface area contributed by atoms with Crippen LogP contribution in [-0.4, -0.2) is 80.6 Å². The van der Waals surface area contributed by atoms with Gasteiger partial charge in [0.15, 0.2) is 0 Å². The van der Waals surface area contributed by atoms with Crippen LogP contribution >= 0.6 is 0 Å². The number of nitrogens with one attached hydrogen (secondary N) is 1. The zero-order valence-electron chi connectivity index (χ0n) is 19.6. The molecule has 7 nitrogen and oxygen atoms in total. The van der Waals surface area contributed by atoms with Crippen molar-refractivity contribution in [2.75, 3.05) is 57.8 Å². The SMILES string of the molecule is CCN1CCN(C(=O)c2ccccc2N2CCC(NC(=O)c3cccc(OC)c3)CC2)CC1. The Morgan fingerprint density at radius 3 is 2.39 bits per heavy atom. The highest BCUT2D eigenvalue weighted by molar-refractivity contribution is 6.00. The topological polar surface area (TPSA) is 65.1 Å². The van der Waals surface area contributed by atoms with Crippen molar-refractivity contribution in [2.45, 2.75) is 25.8 Å². The van der Waals surface area contributed by atoms with Crippen molar-refractivity contribution >= 4 is 17.5 Å². The molecule has 0 spiro atoms. The Balaban J connectivity index is 1.36. The molecule has 0 atom stereocenters. The molecular formula is C26H34N4O3. The fourth-order valence-electron chi connectivity index (χ4n) is 4.67. The van der Waals surface area contributed by atoms with Gasteiger partial charge in [-0.25, -0.2) is 0 Å². The number of methoxy groups -OCH3 is 1. The van der Waals surface area contributed by atoms with Crippen molar-refractivity contribution in [2.24, 2.45) is 0 Å². The van der Waals surface area contributed by atoms with Crippen molar-refractivity contribution in [3.8, 4) is 5.75 Å². The number of ether oxygens (including phenoxy) is 1. The predicted molar refractivity (Wildman–Crippen MR) is 130 cm³/mol. The minimum atomic E-state index is -0.0749. The van der Waals surface area contributed by atoms with Gasteiger partial charge in [-0.3, -0.25) is 9.59 Å². The van der Waals surface area contributed by atoms with Gasteiger partial charge in [0.2, 0.25) is 0 Å². The number of hydrogen-bond donors (Lipinski definition) is 1. The van der Waals surface area contributed by atoms with Crippen LogP contribution in [0, 0.1) is 0 Å². The first-order valence-electron chi connectivity index (χ1n) is 11.9. The molecule has 0 unspecified atom stereocenters. The number of para-hydroxylation sites is 1. The van der Waals surface area contributed by atoms with Crippen LogP contribution in [0.4, 0.5) is 5.69 Å². The van der Waals surface area contributed by atoms with Gasteiger partial charge in [-0.1, -0.05) is 25.1 Å². The molecule has 0 saturated carbocycles. The molecular weight excluding hydrogens is 416 g/mol. The summed E-state index contributed by atoms with van der Waals surface area (Å²) in [7, 11) is 1.60.